The summed E-state index contributed by atoms with van der Waals surface area (Å²) in [6, 6.07) is 21.2. The van der Waals surface area contributed by atoms with E-state index in [2.05, 4.69) is 15.6 Å². The van der Waals surface area contributed by atoms with Gasteiger partial charge in [-0.2, -0.15) is 0 Å². The van der Waals surface area contributed by atoms with E-state index in [4.69, 9.17) is 18.9 Å². The second-order valence-electron chi connectivity index (χ2n) is 10.5. The van der Waals surface area contributed by atoms with Crippen molar-refractivity contribution in [3.63, 3.8) is 0 Å². The van der Waals surface area contributed by atoms with Gasteiger partial charge in [-0.05, 0) is 60.4 Å². The zero-order chi connectivity index (χ0) is 31.8. The lowest BCUT2D eigenvalue weighted by Crippen LogP contribution is -2.30. The van der Waals surface area contributed by atoms with Crippen LogP contribution in [0, 0.1) is 12.7 Å². The molecule has 45 heavy (non-hydrogen) atoms. The monoisotopic (exact) mass is 614 g/mol. The van der Waals surface area contributed by atoms with Crippen molar-refractivity contribution in [1.82, 2.24) is 20.3 Å². The number of rotatable bonds is 13. The molecule has 0 saturated carbocycles. The smallest absolute Gasteiger partial charge is 0.360 e. The van der Waals surface area contributed by atoms with Gasteiger partial charge < -0.3 is 24.3 Å². The van der Waals surface area contributed by atoms with Gasteiger partial charge in [0.15, 0.2) is 5.69 Å². The number of hydrogen-bond donors (Lipinski definition) is 1. The number of halogens is 1. The number of esters is 1. The van der Waals surface area contributed by atoms with E-state index in [1.54, 1.807) is 26.2 Å². The number of carbonyl (C=O) groups is 2. The standard InChI is InChI=1S/C34H35FN4O6/c1-4-43-34(41)29-18-39(38-37-29)19-30(44-20-24-9-15-27(42-3)16-10-24)28-21-45-32(25-11-13-26(35)14-12-25)31(28)33(40)36-17-23-7-5-22(2)6-8-23/h5-16,18,30,32H,4,17,19-21H2,1-3H3,(H,36,40). The fourth-order valence-electron chi connectivity index (χ4n) is 4.96. The van der Waals surface area contributed by atoms with Gasteiger partial charge in [-0.3, -0.25) is 4.79 Å². The van der Waals surface area contributed by atoms with Crippen LogP contribution in [0.2, 0.25) is 0 Å². The predicted octanol–water partition coefficient (Wildman–Crippen LogP) is 4.88. The van der Waals surface area contributed by atoms with Crippen molar-refractivity contribution >= 4 is 11.9 Å². The number of nitrogens with zero attached hydrogens (tertiary/aromatic N) is 3. The normalized spacial score (nSPS) is 15.2. The number of hydrogen-bond acceptors (Lipinski definition) is 8. The van der Waals surface area contributed by atoms with E-state index < -0.39 is 24.0 Å². The SMILES string of the molecule is CCOC(=O)c1cn(CC(OCc2ccc(OC)cc2)C2=C(C(=O)NCc3ccc(C)cc3)C(c3ccc(F)cc3)OC2)nn1. The number of benzene rings is 3. The van der Waals surface area contributed by atoms with Crippen LogP contribution in [0.1, 0.15) is 45.8 Å². The molecule has 11 heteroatoms. The summed E-state index contributed by atoms with van der Waals surface area (Å²) >= 11 is 0. The summed E-state index contributed by atoms with van der Waals surface area (Å²) < 4.78 is 38.3. The Bertz CT molecular complexity index is 1630. The Morgan fingerprint density at radius 3 is 2.44 bits per heavy atom. The Hall–Kier alpha value is -4.87. The molecule has 0 aliphatic carbocycles. The molecule has 3 aromatic carbocycles. The summed E-state index contributed by atoms with van der Waals surface area (Å²) in [5.41, 5.74) is 4.61. The molecule has 0 fully saturated rings. The van der Waals surface area contributed by atoms with Crippen LogP contribution in [0.25, 0.3) is 0 Å². The van der Waals surface area contributed by atoms with E-state index in [1.807, 2.05) is 55.5 Å². The zero-order valence-corrected chi connectivity index (χ0v) is 25.4. The van der Waals surface area contributed by atoms with Crippen molar-refractivity contribution in [3.05, 3.63) is 124 Å². The number of aryl methyl sites for hydroxylation is 1. The molecule has 0 bridgehead atoms. The molecule has 234 valence electrons. The van der Waals surface area contributed by atoms with Crippen molar-refractivity contribution in [1.29, 1.82) is 0 Å². The molecule has 1 aromatic heterocycles. The molecule has 2 unspecified atom stereocenters. The van der Waals surface area contributed by atoms with Gasteiger partial charge in [0, 0.05) is 6.54 Å². The minimum Gasteiger partial charge on any atom is -0.497 e. The Balaban J connectivity index is 1.48. The first-order valence-electron chi connectivity index (χ1n) is 14.6. The molecule has 0 spiro atoms. The van der Waals surface area contributed by atoms with E-state index in [9.17, 15) is 14.0 Å². The van der Waals surface area contributed by atoms with Gasteiger partial charge in [0.25, 0.3) is 5.91 Å². The van der Waals surface area contributed by atoms with Crippen LogP contribution in [-0.4, -0.2) is 53.3 Å². The number of amides is 1. The molecule has 5 rings (SSSR count). The molecule has 1 amide bonds. The van der Waals surface area contributed by atoms with Gasteiger partial charge in [0.05, 0.1) is 45.2 Å². The third-order valence-corrected chi connectivity index (χ3v) is 7.38. The highest BCUT2D eigenvalue weighted by Crippen LogP contribution is 2.37. The van der Waals surface area contributed by atoms with Crippen LogP contribution < -0.4 is 10.1 Å². The maximum absolute atomic E-state index is 13.9. The molecule has 2 atom stereocenters. The average Bonchev–Trinajstić information content (AvgIpc) is 3.71. The van der Waals surface area contributed by atoms with E-state index in [1.165, 1.54) is 23.0 Å². The maximum atomic E-state index is 13.9. The summed E-state index contributed by atoms with van der Waals surface area (Å²) in [4.78, 5) is 26.2. The molecule has 0 radical (unpaired) electrons. The van der Waals surface area contributed by atoms with Gasteiger partial charge in [-0.1, -0.05) is 59.3 Å². The minimum absolute atomic E-state index is 0.0580. The topological polar surface area (TPSA) is 114 Å². The van der Waals surface area contributed by atoms with Crippen LogP contribution in [0.3, 0.4) is 0 Å². The second kappa shape index (κ2) is 14.7. The Morgan fingerprint density at radius 1 is 1.04 bits per heavy atom. The zero-order valence-electron chi connectivity index (χ0n) is 25.4. The molecular weight excluding hydrogens is 579 g/mol. The third-order valence-electron chi connectivity index (χ3n) is 7.38. The van der Waals surface area contributed by atoms with Crippen LogP contribution >= 0.6 is 0 Å². The number of nitrogens with one attached hydrogen (secondary N) is 1. The van der Waals surface area contributed by atoms with E-state index in [0.717, 1.165) is 16.7 Å². The van der Waals surface area contributed by atoms with Crippen molar-refractivity contribution in [3.8, 4) is 5.75 Å². The van der Waals surface area contributed by atoms with Gasteiger partial charge in [-0.15, -0.1) is 5.10 Å². The van der Waals surface area contributed by atoms with Crippen molar-refractivity contribution in [2.75, 3.05) is 20.3 Å². The lowest BCUT2D eigenvalue weighted by molar-refractivity contribution is -0.118. The largest absolute Gasteiger partial charge is 0.497 e. The molecular formula is C34H35FN4O6. The first kappa shape index (κ1) is 31.6. The molecule has 1 aliphatic heterocycles. The quantitative estimate of drug-likeness (QED) is 0.212. The highest BCUT2D eigenvalue weighted by atomic mass is 19.1. The lowest BCUT2D eigenvalue weighted by atomic mass is 9.95. The summed E-state index contributed by atoms with van der Waals surface area (Å²) in [5.74, 6) is -0.599. The number of methoxy groups -OCH3 is 1. The fraction of sp³-hybridized carbons (Fsp3) is 0.294. The van der Waals surface area contributed by atoms with Crippen molar-refractivity contribution in [2.24, 2.45) is 0 Å². The molecule has 10 nitrogen and oxygen atoms in total. The van der Waals surface area contributed by atoms with E-state index in [0.29, 0.717) is 29.0 Å². The van der Waals surface area contributed by atoms with Gasteiger partial charge >= 0.3 is 5.97 Å². The second-order valence-corrected chi connectivity index (χ2v) is 10.5. The Labute approximate surface area is 260 Å². The lowest BCUT2D eigenvalue weighted by Gasteiger charge is -2.21. The number of ether oxygens (including phenoxy) is 4. The minimum atomic E-state index is -0.753. The van der Waals surface area contributed by atoms with Gasteiger partial charge in [-0.25, -0.2) is 13.9 Å². The molecule has 2 heterocycles. The van der Waals surface area contributed by atoms with Gasteiger partial charge in [0.2, 0.25) is 0 Å². The van der Waals surface area contributed by atoms with Crippen LogP contribution in [0.15, 0.2) is 90.1 Å². The summed E-state index contributed by atoms with van der Waals surface area (Å²) in [7, 11) is 1.60. The maximum Gasteiger partial charge on any atom is 0.360 e. The van der Waals surface area contributed by atoms with Crippen LogP contribution in [0.4, 0.5) is 4.39 Å². The highest BCUT2D eigenvalue weighted by molar-refractivity contribution is 5.96. The van der Waals surface area contributed by atoms with Crippen molar-refractivity contribution in [2.45, 2.75) is 45.8 Å². The molecule has 1 aliphatic rings. The van der Waals surface area contributed by atoms with Gasteiger partial charge in [0.1, 0.15) is 23.8 Å². The number of carbonyl (C=O) groups excluding carboxylic acids is 2. The fourth-order valence-corrected chi connectivity index (χ4v) is 4.96. The predicted molar refractivity (Wildman–Crippen MR) is 163 cm³/mol. The molecule has 0 saturated heterocycles. The van der Waals surface area contributed by atoms with Crippen LogP contribution in [-0.2, 0) is 38.7 Å². The number of aromatic nitrogens is 3. The van der Waals surface area contributed by atoms with Crippen molar-refractivity contribution < 1.29 is 32.9 Å². The first-order valence-corrected chi connectivity index (χ1v) is 14.6. The average molecular weight is 615 g/mol. The third kappa shape index (κ3) is 8.00. The molecule has 4 aromatic rings. The Kier molecular flexibility index (Phi) is 10.3. The Morgan fingerprint density at radius 2 is 1.76 bits per heavy atom. The molecule has 1 N–H and O–H groups in total. The van der Waals surface area contributed by atoms with Crippen LogP contribution in [0.5, 0.6) is 5.75 Å². The summed E-state index contributed by atoms with van der Waals surface area (Å²) in [6.07, 6.45) is 0.0261. The summed E-state index contributed by atoms with van der Waals surface area (Å²) in [6.45, 7) is 4.64. The first-order chi connectivity index (χ1) is 21.8. The highest BCUT2D eigenvalue weighted by Gasteiger charge is 2.37. The van der Waals surface area contributed by atoms with E-state index in [-0.39, 0.29) is 38.0 Å². The summed E-state index contributed by atoms with van der Waals surface area (Å²) in [5, 5.41) is 11.1. The van der Waals surface area contributed by atoms with E-state index >= 15 is 0 Å².